The second kappa shape index (κ2) is 5.25. The molecular weight excluding hydrogens is 252 g/mol. The molecule has 0 aromatic heterocycles. The first-order valence-corrected chi connectivity index (χ1v) is 7.65. The summed E-state index contributed by atoms with van der Waals surface area (Å²) in [5.74, 6) is 0. The van der Waals surface area contributed by atoms with E-state index in [4.69, 9.17) is 4.99 Å². The number of rotatable bonds is 3. The molecule has 1 aromatic carbocycles. The minimum absolute atomic E-state index is 0.949. The molecule has 0 saturated heterocycles. The van der Waals surface area contributed by atoms with Gasteiger partial charge in [-0.25, -0.2) is 4.99 Å². The number of anilines is 1. The van der Waals surface area contributed by atoms with E-state index in [0.717, 1.165) is 25.2 Å². The molecule has 2 nitrogen and oxygen atoms in total. The minimum Gasteiger partial charge on any atom is -0.370 e. The Hall–Kier alpha value is -1.48. The number of hydrogen-bond acceptors (Lipinski definition) is 3. The second-order valence-electron chi connectivity index (χ2n) is 4.62. The van der Waals surface area contributed by atoms with Crippen LogP contribution in [-0.2, 0) is 0 Å². The maximum absolute atomic E-state index is 4.92. The molecule has 0 unspecified atom stereocenters. The van der Waals surface area contributed by atoms with Crippen molar-refractivity contribution in [1.82, 2.24) is 0 Å². The van der Waals surface area contributed by atoms with Gasteiger partial charge in [-0.2, -0.15) is 0 Å². The molecule has 98 valence electrons. The summed E-state index contributed by atoms with van der Waals surface area (Å²) in [5, 5.41) is 0. The number of benzene rings is 1. The van der Waals surface area contributed by atoms with Gasteiger partial charge in [0.25, 0.3) is 0 Å². The number of aliphatic imine (C=N–C) groups is 1. The van der Waals surface area contributed by atoms with Crippen molar-refractivity contribution >= 4 is 28.8 Å². The van der Waals surface area contributed by atoms with Crippen molar-refractivity contribution in [3.05, 3.63) is 41.3 Å². The van der Waals surface area contributed by atoms with Crippen LogP contribution in [-0.4, -0.2) is 18.8 Å². The number of fused-ring (bicyclic) bond motifs is 2. The highest BCUT2D eigenvalue weighted by molar-refractivity contribution is 8.04. The van der Waals surface area contributed by atoms with E-state index in [9.17, 15) is 0 Å². The molecule has 0 N–H and O–H groups in total. The summed E-state index contributed by atoms with van der Waals surface area (Å²) in [5.41, 5.74) is 3.62. The first kappa shape index (κ1) is 12.5. The van der Waals surface area contributed by atoms with Gasteiger partial charge in [0.15, 0.2) is 0 Å². The van der Waals surface area contributed by atoms with Gasteiger partial charge in [0.1, 0.15) is 5.69 Å². The van der Waals surface area contributed by atoms with Crippen molar-refractivity contribution in [2.75, 3.05) is 18.0 Å². The van der Waals surface area contributed by atoms with E-state index >= 15 is 0 Å². The Morgan fingerprint density at radius 1 is 1.26 bits per heavy atom. The van der Waals surface area contributed by atoms with Crippen molar-refractivity contribution < 1.29 is 0 Å². The third-order valence-corrected chi connectivity index (χ3v) is 4.67. The summed E-state index contributed by atoms with van der Waals surface area (Å²) < 4.78 is 0. The van der Waals surface area contributed by atoms with Crippen LogP contribution in [0.2, 0.25) is 0 Å². The van der Waals surface area contributed by atoms with Crippen LogP contribution in [0.25, 0.3) is 0 Å². The molecule has 2 aliphatic rings. The Bertz CT molecular complexity index is 580. The van der Waals surface area contributed by atoms with Crippen LogP contribution >= 0.6 is 11.8 Å². The van der Waals surface area contributed by atoms with Crippen LogP contribution in [0, 0.1) is 0 Å². The molecule has 1 heterocycles. The van der Waals surface area contributed by atoms with Gasteiger partial charge in [0, 0.05) is 29.3 Å². The fourth-order valence-electron chi connectivity index (χ4n) is 2.50. The number of para-hydroxylation sites is 1. The molecule has 0 amide bonds. The van der Waals surface area contributed by atoms with E-state index in [-0.39, 0.29) is 0 Å². The summed E-state index contributed by atoms with van der Waals surface area (Å²) in [6.45, 7) is 6.43. The zero-order valence-corrected chi connectivity index (χ0v) is 12.2. The predicted molar refractivity (Wildman–Crippen MR) is 84.8 cm³/mol. The van der Waals surface area contributed by atoms with Gasteiger partial charge < -0.3 is 4.90 Å². The summed E-state index contributed by atoms with van der Waals surface area (Å²) in [7, 11) is 0. The standard InChI is InChI=1S/C16H18N2S/c1-3-18(4-2)13-9-7-11-15-16(13)17-12-8-5-6-10-14(12)19-15/h5-7,9-11H,3-4,8H2,1-2H3. The Labute approximate surface area is 118 Å². The van der Waals surface area contributed by atoms with Gasteiger partial charge in [0.2, 0.25) is 0 Å². The highest BCUT2D eigenvalue weighted by atomic mass is 32.2. The zero-order chi connectivity index (χ0) is 13.2. The van der Waals surface area contributed by atoms with Crippen molar-refractivity contribution in [2.45, 2.75) is 25.2 Å². The molecule has 1 aromatic rings. The number of allylic oxidation sites excluding steroid dienone is 4. The fourth-order valence-corrected chi connectivity index (χ4v) is 3.53. The minimum atomic E-state index is 0.949. The maximum atomic E-state index is 4.92. The van der Waals surface area contributed by atoms with Crippen molar-refractivity contribution in [1.29, 1.82) is 0 Å². The lowest BCUT2D eigenvalue weighted by Crippen LogP contribution is -2.22. The smallest absolute Gasteiger partial charge is 0.101 e. The van der Waals surface area contributed by atoms with Crippen molar-refractivity contribution in [3.63, 3.8) is 0 Å². The summed E-state index contributed by atoms with van der Waals surface area (Å²) >= 11 is 1.85. The molecule has 0 atom stereocenters. The molecular formula is C16H18N2S. The second-order valence-corrected chi connectivity index (χ2v) is 5.70. The average molecular weight is 270 g/mol. The third kappa shape index (κ3) is 2.23. The molecule has 3 rings (SSSR count). The monoisotopic (exact) mass is 270 g/mol. The van der Waals surface area contributed by atoms with Gasteiger partial charge in [-0.1, -0.05) is 30.0 Å². The number of thioether (sulfide) groups is 1. The molecule has 0 radical (unpaired) electrons. The Morgan fingerprint density at radius 3 is 2.89 bits per heavy atom. The van der Waals surface area contributed by atoms with Gasteiger partial charge >= 0.3 is 0 Å². The molecule has 1 aliphatic heterocycles. The maximum Gasteiger partial charge on any atom is 0.101 e. The molecule has 19 heavy (non-hydrogen) atoms. The van der Waals surface area contributed by atoms with Gasteiger partial charge in [0.05, 0.1) is 11.4 Å². The summed E-state index contributed by atoms with van der Waals surface area (Å²) in [6.07, 6.45) is 7.42. The lowest BCUT2D eigenvalue weighted by molar-refractivity contribution is 0.864. The van der Waals surface area contributed by atoms with E-state index in [0.29, 0.717) is 0 Å². The quantitative estimate of drug-likeness (QED) is 0.800. The van der Waals surface area contributed by atoms with E-state index in [1.807, 2.05) is 11.8 Å². The Morgan fingerprint density at radius 2 is 2.11 bits per heavy atom. The van der Waals surface area contributed by atoms with Gasteiger partial charge in [-0.15, -0.1) is 0 Å². The van der Waals surface area contributed by atoms with E-state index in [1.165, 1.54) is 21.2 Å². The molecule has 0 spiro atoms. The topological polar surface area (TPSA) is 15.6 Å². The Balaban J connectivity index is 2.09. The van der Waals surface area contributed by atoms with Gasteiger partial charge in [-0.3, -0.25) is 0 Å². The number of hydrogen-bond donors (Lipinski definition) is 0. The van der Waals surface area contributed by atoms with Crippen LogP contribution in [0.1, 0.15) is 20.3 Å². The first-order chi connectivity index (χ1) is 9.33. The SMILES string of the molecule is CCN(CC)c1cccc2c1N=C1CC=CC=C1S2. The highest BCUT2D eigenvalue weighted by Gasteiger charge is 2.21. The summed E-state index contributed by atoms with van der Waals surface area (Å²) in [4.78, 5) is 9.86. The van der Waals surface area contributed by atoms with E-state index < -0.39 is 0 Å². The highest BCUT2D eigenvalue weighted by Crippen LogP contribution is 2.46. The normalized spacial score (nSPS) is 16.3. The average Bonchev–Trinajstić information content (AvgIpc) is 2.46. The van der Waals surface area contributed by atoms with Crippen LogP contribution in [0.3, 0.4) is 0 Å². The van der Waals surface area contributed by atoms with E-state index in [1.54, 1.807) is 0 Å². The number of nitrogens with zero attached hydrogens (tertiary/aromatic N) is 2. The first-order valence-electron chi connectivity index (χ1n) is 6.84. The molecule has 0 fully saturated rings. The van der Waals surface area contributed by atoms with Crippen molar-refractivity contribution in [3.8, 4) is 0 Å². The third-order valence-electron chi connectivity index (χ3n) is 3.53. The van der Waals surface area contributed by atoms with E-state index in [2.05, 4.69) is 55.2 Å². The molecule has 3 heteroatoms. The Kier molecular flexibility index (Phi) is 3.47. The fraction of sp³-hybridized carbons (Fsp3) is 0.312. The molecule has 1 aliphatic carbocycles. The van der Waals surface area contributed by atoms with Crippen LogP contribution in [0.15, 0.2) is 51.2 Å². The van der Waals surface area contributed by atoms with Crippen molar-refractivity contribution in [2.24, 2.45) is 4.99 Å². The lowest BCUT2D eigenvalue weighted by Gasteiger charge is -2.27. The molecule has 0 saturated carbocycles. The summed E-state index contributed by atoms with van der Waals surface area (Å²) in [6, 6.07) is 6.50. The van der Waals surface area contributed by atoms with Gasteiger partial charge in [-0.05, 0) is 32.1 Å². The van der Waals surface area contributed by atoms with Crippen LogP contribution in [0.4, 0.5) is 11.4 Å². The van der Waals surface area contributed by atoms with Crippen LogP contribution < -0.4 is 4.90 Å². The predicted octanol–water partition coefficient (Wildman–Crippen LogP) is 4.55. The zero-order valence-electron chi connectivity index (χ0n) is 11.4. The largest absolute Gasteiger partial charge is 0.370 e. The lowest BCUT2D eigenvalue weighted by atomic mass is 10.1. The van der Waals surface area contributed by atoms with Crippen LogP contribution in [0.5, 0.6) is 0 Å². The molecule has 0 bridgehead atoms.